The second kappa shape index (κ2) is 6.67. The van der Waals surface area contributed by atoms with Crippen LogP contribution in [0.5, 0.6) is 0 Å². The lowest BCUT2D eigenvalue weighted by atomic mass is 9.86. The molecule has 0 spiro atoms. The summed E-state index contributed by atoms with van der Waals surface area (Å²) in [6.45, 7) is 5.03. The zero-order valence-electron chi connectivity index (χ0n) is 12.3. The van der Waals surface area contributed by atoms with Crippen LogP contribution in [0.3, 0.4) is 0 Å². The lowest BCUT2D eigenvalue weighted by Crippen LogP contribution is -2.38. The van der Waals surface area contributed by atoms with Crippen LogP contribution in [-0.4, -0.2) is 30.3 Å². The average Bonchev–Trinajstić information content (AvgIpc) is 2.87. The lowest BCUT2D eigenvalue weighted by molar-refractivity contribution is 0.0886. The van der Waals surface area contributed by atoms with E-state index < -0.39 is 0 Å². The third kappa shape index (κ3) is 3.90. The molecule has 2 atom stereocenters. The molecular formula is C16H25NOS. The van der Waals surface area contributed by atoms with Gasteiger partial charge in [-0.1, -0.05) is 26.7 Å². The van der Waals surface area contributed by atoms with Gasteiger partial charge in [0.25, 0.3) is 0 Å². The first-order valence-electron chi connectivity index (χ1n) is 7.42. The standard InChI is InChI=1S/C16H25NOS/c1-4-14-8-9-16(19-14)15(18)11-17(3)13-7-5-6-12(2)10-13/h8-9,12-13H,4-7,10-11H2,1-3H3. The summed E-state index contributed by atoms with van der Waals surface area (Å²) >= 11 is 1.65. The summed E-state index contributed by atoms with van der Waals surface area (Å²) in [6, 6.07) is 4.67. The molecule has 19 heavy (non-hydrogen) atoms. The van der Waals surface area contributed by atoms with Crippen LogP contribution in [0.2, 0.25) is 0 Å². The molecule has 1 fully saturated rings. The molecule has 106 valence electrons. The molecular weight excluding hydrogens is 254 g/mol. The molecule has 0 N–H and O–H groups in total. The van der Waals surface area contributed by atoms with Gasteiger partial charge in [0.15, 0.2) is 5.78 Å². The number of carbonyl (C=O) groups excluding carboxylic acids is 1. The van der Waals surface area contributed by atoms with Crippen molar-refractivity contribution in [3.05, 3.63) is 21.9 Å². The number of rotatable bonds is 5. The number of thiophene rings is 1. The molecule has 1 heterocycles. The molecule has 1 aliphatic carbocycles. The van der Waals surface area contributed by atoms with Gasteiger partial charge in [0.05, 0.1) is 11.4 Å². The summed E-state index contributed by atoms with van der Waals surface area (Å²) in [5.74, 6) is 1.09. The first-order chi connectivity index (χ1) is 9.10. The summed E-state index contributed by atoms with van der Waals surface area (Å²) < 4.78 is 0. The van der Waals surface area contributed by atoms with Gasteiger partial charge in [0.1, 0.15) is 0 Å². The normalized spacial score (nSPS) is 23.8. The van der Waals surface area contributed by atoms with E-state index in [1.54, 1.807) is 11.3 Å². The van der Waals surface area contributed by atoms with Crippen molar-refractivity contribution in [2.24, 2.45) is 5.92 Å². The van der Waals surface area contributed by atoms with Gasteiger partial charge < -0.3 is 0 Å². The molecule has 2 unspecified atom stereocenters. The number of hydrogen-bond donors (Lipinski definition) is 0. The van der Waals surface area contributed by atoms with Crippen LogP contribution in [0.15, 0.2) is 12.1 Å². The minimum absolute atomic E-state index is 0.283. The van der Waals surface area contributed by atoms with Gasteiger partial charge in [0.2, 0.25) is 0 Å². The Morgan fingerprint density at radius 3 is 2.84 bits per heavy atom. The minimum Gasteiger partial charge on any atom is -0.296 e. The molecule has 0 radical (unpaired) electrons. The Kier molecular flexibility index (Phi) is 5.17. The van der Waals surface area contributed by atoms with E-state index in [0.717, 1.165) is 17.2 Å². The third-order valence-electron chi connectivity index (χ3n) is 4.21. The van der Waals surface area contributed by atoms with E-state index in [2.05, 4.69) is 31.9 Å². The molecule has 1 saturated carbocycles. The first-order valence-corrected chi connectivity index (χ1v) is 8.24. The summed E-state index contributed by atoms with van der Waals surface area (Å²) in [5, 5.41) is 0. The molecule has 0 bridgehead atoms. The summed E-state index contributed by atoms with van der Waals surface area (Å²) in [4.78, 5) is 16.8. The van der Waals surface area contributed by atoms with Crippen LogP contribution in [0.1, 0.15) is 54.1 Å². The SMILES string of the molecule is CCc1ccc(C(=O)CN(C)C2CCCC(C)C2)s1. The van der Waals surface area contributed by atoms with E-state index in [9.17, 15) is 4.79 Å². The molecule has 2 rings (SSSR count). The van der Waals surface area contributed by atoms with Gasteiger partial charge in [-0.05, 0) is 44.4 Å². The molecule has 1 aromatic rings. The number of hydrogen-bond acceptors (Lipinski definition) is 3. The minimum atomic E-state index is 0.283. The molecule has 1 aromatic heterocycles. The fourth-order valence-electron chi connectivity index (χ4n) is 2.95. The monoisotopic (exact) mass is 279 g/mol. The maximum absolute atomic E-state index is 12.3. The number of carbonyl (C=O) groups is 1. The first kappa shape index (κ1) is 14.7. The Balaban J connectivity index is 1.90. The van der Waals surface area contributed by atoms with E-state index in [1.807, 2.05) is 6.07 Å². The van der Waals surface area contributed by atoms with Crippen molar-refractivity contribution in [3.63, 3.8) is 0 Å². The predicted molar refractivity (Wildman–Crippen MR) is 82.1 cm³/mol. The Hall–Kier alpha value is -0.670. The quantitative estimate of drug-likeness (QED) is 0.759. The molecule has 0 aromatic carbocycles. The van der Waals surface area contributed by atoms with Crippen LogP contribution in [0, 0.1) is 5.92 Å². The van der Waals surface area contributed by atoms with Crippen molar-refractivity contribution in [3.8, 4) is 0 Å². The molecule has 2 nitrogen and oxygen atoms in total. The maximum atomic E-state index is 12.3. The smallest absolute Gasteiger partial charge is 0.186 e. The summed E-state index contributed by atoms with van der Waals surface area (Å²) in [5.41, 5.74) is 0. The molecule has 0 saturated heterocycles. The summed E-state index contributed by atoms with van der Waals surface area (Å²) in [7, 11) is 2.11. The molecule has 0 amide bonds. The van der Waals surface area contributed by atoms with Crippen molar-refractivity contribution in [1.82, 2.24) is 4.90 Å². The van der Waals surface area contributed by atoms with Gasteiger partial charge in [-0.3, -0.25) is 9.69 Å². The topological polar surface area (TPSA) is 20.3 Å². The largest absolute Gasteiger partial charge is 0.296 e. The number of likely N-dealkylation sites (N-methyl/N-ethyl adjacent to an activating group) is 1. The lowest BCUT2D eigenvalue weighted by Gasteiger charge is -2.33. The highest BCUT2D eigenvalue weighted by Crippen LogP contribution is 2.27. The predicted octanol–water partition coefficient (Wildman–Crippen LogP) is 4.00. The van der Waals surface area contributed by atoms with Gasteiger partial charge in [-0.25, -0.2) is 0 Å². The Labute approximate surface area is 120 Å². The van der Waals surface area contributed by atoms with Crippen LogP contribution in [0.25, 0.3) is 0 Å². The highest BCUT2D eigenvalue weighted by atomic mass is 32.1. The zero-order chi connectivity index (χ0) is 13.8. The maximum Gasteiger partial charge on any atom is 0.186 e. The van der Waals surface area contributed by atoms with Crippen molar-refractivity contribution in [2.75, 3.05) is 13.6 Å². The zero-order valence-corrected chi connectivity index (χ0v) is 13.1. The average molecular weight is 279 g/mol. The third-order valence-corrected chi connectivity index (χ3v) is 5.48. The number of nitrogens with zero attached hydrogens (tertiary/aromatic N) is 1. The van der Waals surface area contributed by atoms with Crippen molar-refractivity contribution in [2.45, 2.75) is 52.0 Å². The van der Waals surface area contributed by atoms with Crippen LogP contribution in [-0.2, 0) is 6.42 Å². The van der Waals surface area contributed by atoms with Crippen molar-refractivity contribution >= 4 is 17.1 Å². The van der Waals surface area contributed by atoms with Gasteiger partial charge >= 0.3 is 0 Å². The number of Topliss-reactive ketones (excluding diaryl/α,β-unsaturated/α-hetero) is 1. The highest BCUT2D eigenvalue weighted by Gasteiger charge is 2.24. The van der Waals surface area contributed by atoms with E-state index in [0.29, 0.717) is 12.6 Å². The van der Waals surface area contributed by atoms with Gasteiger partial charge in [-0.15, -0.1) is 11.3 Å². The molecule has 0 aliphatic heterocycles. The fourth-order valence-corrected chi connectivity index (χ4v) is 3.83. The van der Waals surface area contributed by atoms with E-state index in [1.165, 1.54) is 30.6 Å². The number of ketones is 1. The Morgan fingerprint density at radius 1 is 1.42 bits per heavy atom. The van der Waals surface area contributed by atoms with Crippen molar-refractivity contribution in [1.29, 1.82) is 0 Å². The van der Waals surface area contributed by atoms with E-state index >= 15 is 0 Å². The number of aryl methyl sites for hydroxylation is 1. The van der Waals surface area contributed by atoms with Crippen LogP contribution >= 0.6 is 11.3 Å². The second-order valence-electron chi connectivity index (χ2n) is 5.88. The molecule has 3 heteroatoms. The molecule has 1 aliphatic rings. The van der Waals surface area contributed by atoms with Crippen LogP contribution < -0.4 is 0 Å². The van der Waals surface area contributed by atoms with E-state index in [4.69, 9.17) is 0 Å². The Morgan fingerprint density at radius 2 is 2.21 bits per heavy atom. The van der Waals surface area contributed by atoms with E-state index in [-0.39, 0.29) is 5.78 Å². The van der Waals surface area contributed by atoms with Crippen molar-refractivity contribution < 1.29 is 4.79 Å². The summed E-state index contributed by atoms with van der Waals surface area (Å²) in [6.07, 6.45) is 6.17. The van der Waals surface area contributed by atoms with Gasteiger partial charge in [-0.2, -0.15) is 0 Å². The van der Waals surface area contributed by atoms with Crippen LogP contribution in [0.4, 0.5) is 0 Å². The highest BCUT2D eigenvalue weighted by molar-refractivity contribution is 7.14. The van der Waals surface area contributed by atoms with Gasteiger partial charge in [0, 0.05) is 10.9 Å². The Bertz CT molecular complexity index is 426. The second-order valence-corrected chi connectivity index (χ2v) is 7.05. The fraction of sp³-hybridized carbons (Fsp3) is 0.688.